The molecule has 0 aromatic heterocycles. The van der Waals surface area contributed by atoms with Crippen LogP contribution < -0.4 is 4.72 Å². The molecule has 0 unspecified atom stereocenters. The second-order valence-corrected chi connectivity index (χ2v) is 7.36. The van der Waals surface area contributed by atoms with Crippen molar-refractivity contribution >= 4 is 14.4 Å². The van der Waals surface area contributed by atoms with Crippen LogP contribution in [0.15, 0.2) is 0 Å². The van der Waals surface area contributed by atoms with E-state index in [1.165, 1.54) is 10.6 Å². The van der Waals surface area contributed by atoms with Crippen molar-refractivity contribution in [2.45, 2.75) is 45.2 Å². The molecule has 0 bridgehead atoms. The van der Waals surface area contributed by atoms with E-state index in [4.69, 9.17) is 4.72 Å². The van der Waals surface area contributed by atoms with E-state index in [0.29, 0.717) is 0 Å². The average molecular weight is 185 g/mol. The zero-order valence-corrected chi connectivity index (χ0v) is 10.5. The van der Waals surface area contributed by atoms with Gasteiger partial charge in [0.2, 0.25) is 0 Å². The first-order chi connectivity index (χ1) is 5.49. The molecule has 0 atom stereocenters. The smallest absolute Gasteiger partial charge is 0.367 e. The largest absolute Gasteiger partial charge is 0.413 e. The van der Waals surface area contributed by atoms with Gasteiger partial charge in [0.05, 0.1) is 0 Å². The Kier molecular flexibility index (Phi) is 6.27. The Morgan fingerprint density at radius 1 is 1.08 bits per heavy atom. The van der Waals surface area contributed by atoms with Crippen LogP contribution in [0.3, 0.4) is 0 Å². The predicted molar refractivity (Wildman–Crippen MR) is 58.4 cm³/mol. The first-order valence-corrected chi connectivity index (χ1v) is 7.54. The molecule has 0 rings (SSSR count). The van der Waals surface area contributed by atoms with Gasteiger partial charge in [-0.05, 0) is 17.8 Å². The van der Waals surface area contributed by atoms with Crippen LogP contribution in [0.4, 0.5) is 0 Å². The summed E-state index contributed by atoms with van der Waals surface area (Å²) in [4.78, 5) is 0. The van der Waals surface area contributed by atoms with Crippen molar-refractivity contribution in [1.82, 2.24) is 0 Å². The summed E-state index contributed by atoms with van der Waals surface area (Å²) >= 11 is -0.851. The third kappa shape index (κ3) is 4.50. The van der Waals surface area contributed by atoms with Crippen LogP contribution in [0.5, 0.6) is 0 Å². The molecule has 2 heteroatoms. The summed E-state index contributed by atoms with van der Waals surface area (Å²) in [6.07, 6.45) is 0. The molecule has 0 radical (unpaired) electrons. The molecule has 72 valence electrons. The molecular weight excluding hydrogens is 161 g/mol. The lowest BCUT2D eigenvalue weighted by Gasteiger charge is -2.25. The molecule has 0 aliphatic rings. The molecule has 12 heavy (non-hydrogen) atoms. The van der Waals surface area contributed by atoms with Crippen molar-refractivity contribution in [1.29, 1.82) is 0 Å². The molecule has 0 aliphatic heterocycles. The lowest BCUT2D eigenvalue weighted by atomic mass is 9.87. The summed E-state index contributed by atoms with van der Waals surface area (Å²) < 4.78 is 6.09. The van der Waals surface area contributed by atoms with Gasteiger partial charge in [-0.15, -0.1) is 0 Å². The molecule has 1 nitrogen and oxygen atoms in total. The van der Waals surface area contributed by atoms with E-state index < -0.39 is 14.4 Å². The van der Waals surface area contributed by atoms with E-state index in [-0.39, 0.29) is 0 Å². The minimum atomic E-state index is -0.851. The van der Waals surface area contributed by atoms with Gasteiger partial charge in [0, 0.05) is 0 Å². The highest BCUT2D eigenvalue weighted by atomic mass is 27.2. The van der Waals surface area contributed by atoms with Gasteiger partial charge in [-0.3, -0.25) is 0 Å². The Hall–Kier alpha value is 0.492. The number of hydrogen-bond donors (Lipinski definition) is 1. The molecular formula is C10H24AlN. The van der Waals surface area contributed by atoms with E-state index in [9.17, 15) is 0 Å². The highest BCUT2D eigenvalue weighted by Crippen LogP contribution is 2.25. The molecule has 0 fully saturated rings. The number of hydrogen-bond acceptors (Lipinski definition) is 1. The summed E-state index contributed by atoms with van der Waals surface area (Å²) in [5, 5.41) is 2.57. The van der Waals surface area contributed by atoms with Gasteiger partial charge >= 0.3 is 14.4 Å². The first-order valence-electron chi connectivity index (χ1n) is 5.24. The summed E-state index contributed by atoms with van der Waals surface area (Å²) in [6.45, 7) is 11.5. The van der Waals surface area contributed by atoms with Crippen molar-refractivity contribution in [3.63, 3.8) is 0 Å². The minimum absolute atomic E-state index is 0.801. The van der Waals surface area contributed by atoms with Crippen LogP contribution in [0, 0.1) is 17.8 Å². The summed E-state index contributed by atoms with van der Waals surface area (Å²) in [7, 11) is 0. The Balaban J connectivity index is 3.95. The van der Waals surface area contributed by atoms with Gasteiger partial charge in [0.1, 0.15) is 0 Å². The average Bonchev–Trinajstić information content (AvgIpc) is 1.98. The van der Waals surface area contributed by atoms with Crippen LogP contribution in [0.25, 0.3) is 0 Å². The fourth-order valence-corrected chi connectivity index (χ4v) is 3.95. The van der Waals surface area contributed by atoms with Gasteiger partial charge in [-0.25, -0.2) is 0 Å². The molecule has 0 aromatic carbocycles. The predicted octanol–water partition coefficient (Wildman–Crippen LogP) is 2.88. The van der Waals surface area contributed by atoms with Crippen LogP contribution in [0.2, 0.25) is 10.6 Å². The van der Waals surface area contributed by atoms with E-state index in [1.807, 2.05) is 0 Å². The summed E-state index contributed by atoms with van der Waals surface area (Å²) in [5.41, 5.74) is 0. The molecule has 0 aliphatic carbocycles. The molecule has 0 heterocycles. The molecule has 0 saturated carbocycles. The zero-order valence-electron chi connectivity index (χ0n) is 9.30. The topological polar surface area (TPSA) is 26.0 Å². The van der Waals surface area contributed by atoms with E-state index in [2.05, 4.69) is 34.6 Å². The Morgan fingerprint density at radius 2 is 1.50 bits per heavy atom. The second-order valence-electron chi connectivity index (χ2n) is 4.56. The minimum Gasteiger partial charge on any atom is -0.413 e. The van der Waals surface area contributed by atoms with Crippen LogP contribution in [0.1, 0.15) is 34.6 Å². The lowest BCUT2D eigenvalue weighted by molar-refractivity contribution is 0.314. The highest BCUT2D eigenvalue weighted by Gasteiger charge is 2.22. The van der Waals surface area contributed by atoms with Crippen molar-refractivity contribution in [2.24, 2.45) is 22.5 Å². The highest BCUT2D eigenvalue weighted by molar-refractivity contribution is 6.55. The van der Waals surface area contributed by atoms with Gasteiger partial charge in [0.15, 0.2) is 0 Å². The zero-order chi connectivity index (χ0) is 9.72. The van der Waals surface area contributed by atoms with Crippen LogP contribution in [-0.4, -0.2) is 14.4 Å². The van der Waals surface area contributed by atoms with Crippen LogP contribution >= 0.6 is 0 Å². The lowest BCUT2D eigenvalue weighted by Crippen LogP contribution is -2.30. The van der Waals surface area contributed by atoms with Gasteiger partial charge < -0.3 is 4.72 Å². The van der Waals surface area contributed by atoms with E-state index in [1.54, 1.807) is 0 Å². The quantitative estimate of drug-likeness (QED) is 0.655. The van der Waals surface area contributed by atoms with Crippen LogP contribution in [-0.2, 0) is 0 Å². The van der Waals surface area contributed by atoms with Gasteiger partial charge in [-0.2, -0.15) is 0 Å². The maximum absolute atomic E-state index is 6.09. The Bertz CT molecular complexity index is 104. The number of nitrogens with two attached hydrogens (primary N) is 1. The maximum atomic E-state index is 6.09. The normalized spacial score (nSPS) is 11.8. The van der Waals surface area contributed by atoms with Crippen molar-refractivity contribution in [2.75, 3.05) is 0 Å². The van der Waals surface area contributed by atoms with E-state index in [0.717, 1.165) is 17.8 Å². The van der Waals surface area contributed by atoms with Crippen molar-refractivity contribution in [3.8, 4) is 0 Å². The fraction of sp³-hybridized carbons (Fsp3) is 1.00. The van der Waals surface area contributed by atoms with Crippen molar-refractivity contribution < 1.29 is 0 Å². The summed E-state index contributed by atoms with van der Waals surface area (Å²) in [6, 6.07) is 0. The molecule has 2 N–H and O–H groups in total. The SMILES string of the molecule is C[CH2][Al]([NH2])[CH2]C(C(C)C)C(C)C. The van der Waals surface area contributed by atoms with Crippen molar-refractivity contribution in [3.05, 3.63) is 0 Å². The monoisotopic (exact) mass is 185 g/mol. The molecule has 0 aromatic rings. The standard InChI is InChI=1S/C8H17.C2H5.Al.H2N/c1-6(2)8(5)7(3)4;1-2;;/h6-8H,5H2,1-4H3;1H2,2H3;;1H2/q;;+1;-1. The Morgan fingerprint density at radius 3 is 1.75 bits per heavy atom. The molecule has 0 saturated heterocycles. The molecule has 0 amide bonds. The van der Waals surface area contributed by atoms with Gasteiger partial charge in [-0.1, -0.05) is 45.2 Å². The first kappa shape index (κ1) is 12.5. The summed E-state index contributed by atoms with van der Waals surface area (Å²) in [5.74, 6) is 2.46. The van der Waals surface area contributed by atoms with E-state index >= 15 is 0 Å². The Labute approximate surface area is 82.3 Å². The number of rotatable bonds is 5. The fourth-order valence-electron chi connectivity index (χ4n) is 1.83. The second kappa shape index (κ2) is 6.02. The third-order valence-electron chi connectivity index (χ3n) is 2.81. The molecule has 0 spiro atoms. The maximum Gasteiger partial charge on any atom is 0.367 e. The third-order valence-corrected chi connectivity index (χ3v) is 5.01. The van der Waals surface area contributed by atoms with Gasteiger partial charge in [0.25, 0.3) is 0 Å².